The Bertz CT molecular complexity index is 1370. The summed E-state index contributed by atoms with van der Waals surface area (Å²) in [5.41, 5.74) is 5.59. The van der Waals surface area contributed by atoms with Gasteiger partial charge in [0.1, 0.15) is 10.8 Å². The fourth-order valence-electron chi connectivity index (χ4n) is 3.42. The summed E-state index contributed by atoms with van der Waals surface area (Å²) in [5.74, 6) is 0.627. The molecular weight excluding hydrogens is 483 g/mol. The molecule has 0 N–H and O–H groups in total. The first-order chi connectivity index (χ1) is 14.6. The van der Waals surface area contributed by atoms with Crippen LogP contribution in [0, 0.1) is 0 Å². The summed E-state index contributed by atoms with van der Waals surface area (Å²) in [5, 5.41) is 0.305. The third-order valence-electron chi connectivity index (χ3n) is 4.79. The number of hydrogen-bond donors (Lipinski definition) is 0. The Morgan fingerprint density at radius 2 is 1.37 bits per heavy atom. The first-order valence-corrected chi connectivity index (χ1v) is 10.7. The summed E-state index contributed by atoms with van der Waals surface area (Å²) in [7, 11) is 0. The third kappa shape index (κ3) is 3.39. The second-order valence-electron chi connectivity index (χ2n) is 6.62. The predicted octanol–water partition coefficient (Wildman–Crippen LogP) is 7.22. The van der Waals surface area contributed by atoms with E-state index < -0.39 is 0 Å². The molecule has 5 aromatic rings. The lowest BCUT2D eigenvalue weighted by atomic mass is 10.1. The summed E-state index contributed by atoms with van der Waals surface area (Å²) >= 11 is 15.8. The van der Waals surface area contributed by atoms with Crippen molar-refractivity contribution in [3.63, 3.8) is 0 Å². The molecule has 0 aliphatic carbocycles. The van der Waals surface area contributed by atoms with Crippen molar-refractivity contribution >= 4 is 50.2 Å². The van der Waals surface area contributed by atoms with Crippen molar-refractivity contribution in [2.75, 3.05) is 0 Å². The van der Waals surface area contributed by atoms with Gasteiger partial charge in [-0.2, -0.15) is 0 Å². The Kier molecular flexibility index (Phi) is 5.03. The second-order valence-corrected chi connectivity index (χ2v) is 8.11. The van der Waals surface area contributed by atoms with E-state index in [2.05, 4.69) is 62.3 Å². The first-order valence-electron chi connectivity index (χ1n) is 9.14. The molecule has 5 rings (SSSR count). The van der Waals surface area contributed by atoms with Crippen molar-refractivity contribution in [2.45, 2.75) is 0 Å². The Morgan fingerprint density at radius 1 is 0.700 bits per heavy atom. The van der Waals surface area contributed by atoms with E-state index in [1.54, 1.807) is 0 Å². The van der Waals surface area contributed by atoms with Gasteiger partial charge in [0.25, 0.3) is 0 Å². The number of halogens is 3. The maximum atomic E-state index is 6.24. The number of para-hydroxylation sites is 2. The molecule has 4 nitrogen and oxygen atoms in total. The van der Waals surface area contributed by atoms with Gasteiger partial charge in [0, 0.05) is 5.69 Å². The van der Waals surface area contributed by atoms with Crippen LogP contribution in [0.5, 0.6) is 0 Å². The first kappa shape index (κ1) is 19.2. The Morgan fingerprint density at radius 3 is 2.13 bits per heavy atom. The topological polar surface area (TPSA) is 43.6 Å². The fourth-order valence-corrected chi connectivity index (χ4v) is 4.16. The minimum Gasteiger partial charge on any atom is -0.291 e. The molecule has 2 heterocycles. The van der Waals surface area contributed by atoms with Gasteiger partial charge in [0.2, 0.25) is 5.28 Å². The number of hydrogen-bond acceptors (Lipinski definition) is 3. The summed E-state index contributed by atoms with van der Waals surface area (Å²) < 4.78 is 2.59. The quantitative estimate of drug-likeness (QED) is 0.196. The van der Waals surface area contributed by atoms with Gasteiger partial charge in [-0.3, -0.25) is 4.57 Å². The van der Waals surface area contributed by atoms with Crippen LogP contribution in [0.2, 0.25) is 10.4 Å². The van der Waals surface area contributed by atoms with Crippen LogP contribution in [0.3, 0.4) is 0 Å². The van der Waals surface area contributed by atoms with Crippen LogP contribution in [-0.4, -0.2) is 19.5 Å². The molecule has 0 radical (unpaired) electrons. The molecule has 0 fully saturated rings. The summed E-state index contributed by atoms with van der Waals surface area (Å²) in [4.78, 5) is 13.2. The highest BCUT2D eigenvalue weighted by Gasteiger charge is 2.20. The number of benzene rings is 3. The van der Waals surface area contributed by atoms with Gasteiger partial charge in [-0.1, -0.05) is 66.2 Å². The zero-order chi connectivity index (χ0) is 20.7. The van der Waals surface area contributed by atoms with Gasteiger partial charge in [0.05, 0.1) is 15.5 Å². The van der Waals surface area contributed by atoms with Crippen LogP contribution < -0.4 is 0 Å². The highest BCUT2D eigenvalue weighted by atomic mass is 79.9. The van der Waals surface area contributed by atoms with Crippen molar-refractivity contribution in [1.29, 1.82) is 0 Å². The molecule has 30 heavy (non-hydrogen) atoms. The fraction of sp³-hybridized carbons (Fsp3) is 0. The van der Waals surface area contributed by atoms with Crippen molar-refractivity contribution < 1.29 is 0 Å². The van der Waals surface area contributed by atoms with E-state index in [-0.39, 0.29) is 10.4 Å². The largest absolute Gasteiger partial charge is 0.291 e. The smallest absolute Gasteiger partial charge is 0.224 e. The molecule has 0 saturated heterocycles. The van der Waals surface area contributed by atoms with Crippen LogP contribution in [0.15, 0.2) is 83.3 Å². The molecule has 0 unspecified atom stereocenters. The van der Waals surface area contributed by atoms with Gasteiger partial charge < -0.3 is 0 Å². The van der Waals surface area contributed by atoms with Crippen molar-refractivity contribution in [2.24, 2.45) is 0 Å². The molecule has 0 aliphatic rings. The average Bonchev–Trinajstić information content (AvgIpc) is 3.16. The highest BCUT2D eigenvalue weighted by molar-refractivity contribution is 9.10. The molecule has 0 spiro atoms. The van der Waals surface area contributed by atoms with E-state index in [0.717, 1.165) is 27.8 Å². The lowest BCUT2D eigenvalue weighted by Gasteiger charge is -2.12. The minimum absolute atomic E-state index is 0.0660. The van der Waals surface area contributed by atoms with Gasteiger partial charge in [-0.15, -0.1) is 0 Å². The maximum absolute atomic E-state index is 6.24. The second kappa shape index (κ2) is 7.84. The Balaban J connectivity index is 1.73. The molecule has 3 aromatic carbocycles. The lowest BCUT2D eigenvalue weighted by molar-refractivity contribution is 1.06. The number of nitrogens with zero attached hydrogens (tertiary/aromatic N) is 4. The van der Waals surface area contributed by atoms with Gasteiger partial charge >= 0.3 is 0 Å². The van der Waals surface area contributed by atoms with Crippen molar-refractivity contribution in [3.05, 3.63) is 93.8 Å². The summed E-state index contributed by atoms with van der Waals surface area (Å²) in [6, 6.07) is 26.5. The standard InChI is InChI=1S/C23H13BrCl2N4/c24-19-20(28-23(26)29-21(19)25)22-27-17-8-4-5-9-18(17)30(22)16-12-10-15(11-13-16)14-6-2-1-3-7-14/h1-13H. The van der Waals surface area contributed by atoms with Gasteiger partial charge in [0.15, 0.2) is 5.82 Å². The number of aromatic nitrogens is 4. The Hall–Kier alpha value is -2.73. The molecule has 0 aliphatic heterocycles. The third-order valence-corrected chi connectivity index (χ3v) is 6.21. The number of rotatable bonds is 3. The monoisotopic (exact) mass is 494 g/mol. The normalized spacial score (nSPS) is 11.2. The molecule has 0 saturated carbocycles. The van der Waals surface area contributed by atoms with Crippen LogP contribution >= 0.6 is 39.1 Å². The predicted molar refractivity (Wildman–Crippen MR) is 125 cm³/mol. The minimum atomic E-state index is 0.0660. The summed E-state index contributed by atoms with van der Waals surface area (Å²) in [6.07, 6.45) is 0. The molecule has 0 amide bonds. The zero-order valence-corrected chi connectivity index (χ0v) is 18.5. The molecular formula is C23H13BrCl2N4. The molecule has 146 valence electrons. The van der Waals surface area contributed by atoms with Crippen molar-refractivity contribution in [1.82, 2.24) is 19.5 Å². The van der Waals surface area contributed by atoms with E-state index >= 15 is 0 Å². The van der Waals surface area contributed by atoms with Gasteiger partial charge in [-0.25, -0.2) is 15.0 Å². The van der Waals surface area contributed by atoms with Crippen molar-refractivity contribution in [3.8, 4) is 28.3 Å². The van der Waals surface area contributed by atoms with Crippen LogP contribution in [0.4, 0.5) is 0 Å². The highest BCUT2D eigenvalue weighted by Crippen LogP contribution is 2.35. The van der Waals surface area contributed by atoms with E-state index in [4.69, 9.17) is 28.2 Å². The zero-order valence-electron chi connectivity index (χ0n) is 15.4. The van der Waals surface area contributed by atoms with E-state index in [0.29, 0.717) is 16.0 Å². The molecule has 0 atom stereocenters. The van der Waals surface area contributed by atoms with Gasteiger partial charge in [-0.05, 0) is 62.9 Å². The number of imidazole rings is 1. The summed E-state index contributed by atoms with van der Waals surface area (Å²) in [6.45, 7) is 0. The van der Waals surface area contributed by atoms with E-state index in [1.165, 1.54) is 0 Å². The number of fused-ring (bicyclic) bond motifs is 1. The van der Waals surface area contributed by atoms with Crippen LogP contribution in [0.1, 0.15) is 0 Å². The molecule has 7 heteroatoms. The SMILES string of the molecule is Clc1nc(Cl)c(Br)c(-c2nc3ccccc3n2-c2ccc(-c3ccccc3)cc2)n1. The van der Waals surface area contributed by atoms with Crippen LogP contribution in [-0.2, 0) is 0 Å². The van der Waals surface area contributed by atoms with E-state index in [9.17, 15) is 0 Å². The maximum Gasteiger partial charge on any atom is 0.224 e. The van der Waals surface area contributed by atoms with Crippen LogP contribution in [0.25, 0.3) is 39.4 Å². The Labute approximate surface area is 191 Å². The molecule has 0 bridgehead atoms. The lowest BCUT2D eigenvalue weighted by Crippen LogP contribution is -2.01. The molecule has 2 aromatic heterocycles. The van der Waals surface area contributed by atoms with E-state index in [1.807, 2.05) is 47.0 Å². The average molecular weight is 496 g/mol.